The van der Waals surface area contributed by atoms with Crippen LogP contribution in [0.5, 0.6) is 0 Å². The number of halogens is 1. The van der Waals surface area contributed by atoms with Crippen molar-refractivity contribution in [1.29, 1.82) is 0 Å². The zero-order valence-corrected chi connectivity index (χ0v) is 15.1. The lowest BCUT2D eigenvalue weighted by Crippen LogP contribution is -2.36. The van der Waals surface area contributed by atoms with Gasteiger partial charge in [0, 0.05) is 19.7 Å². The summed E-state index contributed by atoms with van der Waals surface area (Å²) >= 11 is 0. The van der Waals surface area contributed by atoms with Gasteiger partial charge in [-0.25, -0.2) is 9.07 Å². The Morgan fingerprint density at radius 2 is 2.12 bits per heavy atom. The number of nitrogens with one attached hydrogen (secondary N) is 1. The largest absolute Gasteiger partial charge is 0.383 e. The second-order valence-electron chi connectivity index (χ2n) is 6.02. The molecular weight excluding hydrogens is 339 g/mol. The molecule has 1 unspecified atom stereocenters. The summed E-state index contributed by atoms with van der Waals surface area (Å²) in [6.07, 6.45) is 0. The monoisotopic (exact) mass is 362 g/mol. The Bertz CT molecular complexity index is 807. The van der Waals surface area contributed by atoms with Crippen LogP contribution in [0.4, 0.5) is 4.39 Å². The van der Waals surface area contributed by atoms with Crippen molar-refractivity contribution < 1.29 is 13.9 Å². The van der Waals surface area contributed by atoms with E-state index in [2.05, 4.69) is 10.4 Å². The molecule has 1 aromatic heterocycles. The standard InChI is InChI=1S/C18H23FN4O3/c1-22(2)16(13-5-4-6-14(19)11-13)12-20-18(25)15-7-8-17(24)23(21-15)9-10-26-3/h4-8,11,16H,9-10,12H2,1-3H3,(H,20,25). The molecule has 0 aliphatic rings. The molecule has 1 aromatic carbocycles. The highest BCUT2D eigenvalue weighted by molar-refractivity contribution is 5.92. The summed E-state index contributed by atoms with van der Waals surface area (Å²) in [5.74, 6) is -0.730. The lowest BCUT2D eigenvalue weighted by molar-refractivity contribution is 0.0933. The van der Waals surface area contributed by atoms with Gasteiger partial charge in [0.25, 0.3) is 11.5 Å². The molecule has 0 aliphatic carbocycles. The maximum atomic E-state index is 13.5. The van der Waals surface area contributed by atoms with E-state index in [1.807, 2.05) is 25.1 Å². The van der Waals surface area contributed by atoms with Crippen molar-refractivity contribution in [2.45, 2.75) is 12.6 Å². The number of methoxy groups -OCH3 is 1. The van der Waals surface area contributed by atoms with E-state index in [0.29, 0.717) is 6.61 Å². The van der Waals surface area contributed by atoms with E-state index in [1.165, 1.54) is 36.1 Å². The molecular formula is C18H23FN4O3. The summed E-state index contributed by atoms with van der Waals surface area (Å²) in [7, 11) is 5.23. The van der Waals surface area contributed by atoms with Crippen LogP contribution in [0, 0.1) is 5.82 Å². The van der Waals surface area contributed by atoms with Crippen LogP contribution < -0.4 is 10.9 Å². The number of rotatable bonds is 8. The molecule has 140 valence electrons. The SMILES string of the molecule is COCCn1nc(C(=O)NCC(c2cccc(F)c2)N(C)C)ccc1=O. The first-order chi connectivity index (χ1) is 12.4. The van der Waals surface area contributed by atoms with E-state index in [9.17, 15) is 14.0 Å². The van der Waals surface area contributed by atoms with Crippen LogP contribution in [-0.2, 0) is 11.3 Å². The van der Waals surface area contributed by atoms with Gasteiger partial charge in [-0.15, -0.1) is 0 Å². The molecule has 1 heterocycles. The fourth-order valence-corrected chi connectivity index (χ4v) is 2.50. The number of carbonyl (C=O) groups is 1. The lowest BCUT2D eigenvalue weighted by atomic mass is 10.1. The minimum atomic E-state index is -0.403. The zero-order chi connectivity index (χ0) is 19.1. The maximum absolute atomic E-state index is 13.5. The van der Waals surface area contributed by atoms with Crippen molar-refractivity contribution in [3.05, 3.63) is 63.8 Å². The van der Waals surface area contributed by atoms with Crippen LogP contribution in [0.3, 0.4) is 0 Å². The van der Waals surface area contributed by atoms with E-state index in [-0.39, 0.29) is 36.2 Å². The number of nitrogens with zero attached hydrogens (tertiary/aromatic N) is 3. The van der Waals surface area contributed by atoms with E-state index in [0.717, 1.165) is 5.56 Å². The number of benzene rings is 1. The van der Waals surface area contributed by atoms with Gasteiger partial charge in [0.2, 0.25) is 0 Å². The van der Waals surface area contributed by atoms with Crippen molar-refractivity contribution in [1.82, 2.24) is 20.0 Å². The molecule has 0 aliphatic heterocycles. The molecule has 7 nitrogen and oxygen atoms in total. The molecule has 0 saturated carbocycles. The van der Waals surface area contributed by atoms with Gasteiger partial charge in [-0.2, -0.15) is 5.10 Å². The van der Waals surface area contributed by atoms with Gasteiger partial charge in [0.15, 0.2) is 0 Å². The van der Waals surface area contributed by atoms with Crippen LogP contribution in [0.1, 0.15) is 22.1 Å². The first kappa shape index (κ1) is 19.7. The van der Waals surface area contributed by atoms with E-state index in [1.54, 1.807) is 6.07 Å². The summed E-state index contributed by atoms with van der Waals surface area (Å²) in [6, 6.07) is 8.75. The molecule has 2 rings (SSSR count). The molecule has 0 bridgehead atoms. The van der Waals surface area contributed by atoms with E-state index < -0.39 is 5.91 Å². The molecule has 8 heteroatoms. The minimum Gasteiger partial charge on any atom is -0.383 e. The van der Waals surface area contributed by atoms with Gasteiger partial charge in [-0.1, -0.05) is 12.1 Å². The van der Waals surface area contributed by atoms with Crippen molar-refractivity contribution >= 4 is 5.91 Å². The normalized spacial score (nSPS) is 12.2. The number of hydrogen-bond acceptors (Lipinski definition) is 5. The average Bonchev–Trinajstić information content (AvgIpc) is 2.61. The second kappa shape index (κ2) is 9.21. The summed E-state index contributed by atoms with van der Waals surface area (Å²) in [4.78, 5) is 26.0. The van der Waals surface area contributed by atoms with Gasteiger partial charge < -0.3 is 15.0 Å². The highest BCUT2D eigenvalue weighted by Crippen LogP contribution is 2.18. The van der Waals surface area contributed by atoms with Crippen LogP contribution in [0.2, 0.25) is 0 Å². The molecule has 0 saturated heterocycles. The first-order valence-corrected chi connectivity index (χ1v) is 8.19. The molecule has 1 atom stereocenters. The molecule has 0 spiro atoms. The van der Waals surface area contributed by atoms with Gasteiger partial charge in [-0.05, 0) is 37.9 Å². The predicted molar refractivity (Wildman–Crippen MR) is 95.5 cm³/mol. The Balaban J connectivity index is 2.10. The molecule has 1 N–H and O–H groups in total. The predicted octanol–water partition coefficient (Wildman–Crippen LogP) is 1.06. The first-order valence-electron chi connectivity index (χ1n) is 8.19. The average molecular weight is 362 g/mol. The zero-order valence-electron chi connectivity index (χ0n) is 15.1. The Morgan fingerprint density at radius 3 is 2.77 bits per heavy atom. The van der Waals surface area contributed by atoms with Crippen LogP contribution in [-0.4, -0.2) is 54.9 Å². The maximum Gasteiger partial charge on any atom is 0.271 e. The minimum absolute atomic E-state index is 0.137. The fraction of sp³-hybridized carbons (Fsp3) is 0.389. The Kier molecular flexibility index (Phi) is 6.99. The van der Waals surface area contributed by atoms with Crippen LogP contribution >= 0.6 is 0 Å². The van der Waals surface area contributed by atoms with Gasteiger partial charge in [0.05, 0.1) is 19.2 Å². The molecule has 0 fully saturated rings. The Morgan fingerprint density at radius 1 is 1.35 bits per heavy atom. The highest BCUT2D eigenvalue weighted by atomic mass is 19.1. The number of amides is 1. The third-order valence-electron chi connectivity index (χ3n) is 3.92. The topological polar surface area (TPSA) is 76.5 Å². The fourth-order valence-electron chi connectivity index (χ4n) is 2.50. The Labute approximate surface area is 151 Å². The number of hydrogen-bond donors (Lipinski definition) is 1. The number of carbonyl (C=O) groups excluding carboxylic acids is 1. The second-order valence-corrected chi connectivity index (χ2v) is 6.02. The van der Waals surface area contributed by atoms with Crippen molar-refractivity contribution in [2.75, 3.05) is 34.4 Å². The number of likely N-dealkylation sites (N-methyl/N-ethyl adjacent to an activating group) is 1. The highest BCUT2D eigenvalue weighted by Gasteiger charge is 2.17. The van der Waals surface area contributed by atoms with E-state index >= 15 is 0 Å². The third-order valence-corrected chi connectivity index (χ3v) is 3.92. The van der Waals surface area contributed by atoms with Gasteiger partial charge in [0.1, 0.15) is 11.5 Å². The van der Waals surface area contributed by atoms with Crippen molar-refractivity contribution in [3.8, 4) is 0 Å². The summed E-state index contributed by atoms with van der Waals surface area (Å²) < 4.78 is 19.6. The smallest absolute Gasteiger partial charge is 0.271 e. The van der Waals surface area contributed by atoms with Crippen LogP contribution in [0.15, 0.2) is 41.2 Å². The van der Waals surface area contributed by atoms with Crippen molar-refractivity contribution in [2.24, 2.45) is 0 Å². The number of aromatic nitrogens is 2. The van der Waals surface area contributed by atoms with Gasteiger partial charge in [-0.3, -0.25) is 9.59 Å². The third kappa shape index (κ3) is 5.21. The van der Waals surface area contributed by atoms with Crippen LogP contribution in [0.25, 0.3) is 0 Å². The molecule has 26 heavy (non-hydrogen) atoms. The molecule has 0 radical (unpaired) electrons. The van der Waals surface area contributed by atoms with Gasteiger partial charge >= 0.3 is 0 Å². The molecule has 1 amide bonds. The summed E-state index contributed by atoms with van der Waals surface area (Å²) in [6.45, 7) is 0.856. The van der Waals surface area contributed by atoms with Crippen molar-refractivity contribution in [3.63, 3.8) is 0 Å². The van der Waals surface area contributed by atoms with E-state index in [4.69, 9.17) is 4.74 Å². The molecule has 2 aromatic rings. The Hall–Kier alpha value is -2.58. The quantitative estimate of drug-likeness (QED) is 0.760. The summed E-state index contributed by atoms with van der Waals surface area (Å²) in [5.41, 5.74) is 0.593. The number of ether oxygens (including phenoxy) is 1. The summed E-state index contributed by atoms with van der Waals surface area (Å²) in [5, 5.41) is 6.85. The lowest BCUT2D eigenvalue weighted by Gasteiger charge is -2.25.